The lowest BCUT2D eigenvalue weighted by molar-refractivity contribution is -0.192. The highest BCUT2D eigenvalue weighted by atomic mass is 19.4. The van der Waals surface area contributed by atoms with E-state index in [0.717, 1.165) is 43.9 Å². The second-order valence-corrected chi connectivity index (χ2v) is 10.6. The maximum Gasteiger partial charge on any atom is 0.490 e. The van der Waals surface area contributed by atoms with Gasteiger partial charge in [-0.05, 0) is 56.7 Å². The molecule has 3 aliphatic rings. The Balaban J connectivity index is 0.000000405. The maximum atomic E-state index is 13.7. The Hall–Kier alpha value is -2.95. The van der Waals surface area contributed by atoms with Crippen LogP contribution in [0.2, 0.25) is 0 Å². The average Bonchev–Trinajstić information content (AvgIpc) is 3.23. The minimum atomic E-state index is -5.08. The number of carboxylic acid groups (broad SMARTS) is 1. The smallest absolute Gasteiger partial charge is 0.475 e. The van der Waals surface area contributed by atoms with E-state index in [9.17, 15) is 22.4 Å². The predicted octanol–water partition coefficient (Wildman–Crippen LogP) is 4.46. The number of hydrogen-bond acceptors (Lipinski definition) is 4. The fraction of sp³-hybridized carbons (Fsp3) is 0.577. The summed E-state index contributed by atoms with van der Waals surface area (Å²) in [6.45, 7) is 8.23. The molecule has 1 aliphatic carbocycles. The van der Waals surface area contributed by atoms with Gasteiger partial charge in [0, 0.05) is 50.9 Å². The van der Waals surface area contributed by atoms with Gasteiger partial charge in [-0.3, -0.25) is 9.69 Å². The monoisotopic (exact) mass is 524 g/mol. The number of imidazole rings is 1. The summed E-state index contributed by atoms with van der Waals surface area (Å²) < 4.78 is 47.6. The molecule has 1 spiro atoms. The van der Waals surface area contributed by atoms with Gasteiger partial charge in [-0.2, -0.15) is 13.2 Å². The molecule has 37 heavy (non-hydrogen) atoms. The molecule has 1 amide bonds. The van der Waals surface area contributed by atoms with E-state index in [2.05, 4.69) is 34.4 Å². The van der Waals surface area contributed by atoms with E-state index in [1.165, 1.54) is 18.9 Å². The minimum Gasteiger partial charge on any atom is -0.475 e. The molecule has 1 aromatic carbocycles. The van der Waals surface area contributed by atoms with E-state index in [4.69, 9.17) is 14.9 Å². The summed E-state index contributed by atoms with van der Waals surface area (Å²) in [6, 6.07) is 7.15. The number of rotatable bonds is 6. The highest BCUT2D eigenvalue weighted by Crippen LogP contribution is 2.50. The Kier molecular flexibility index (Phi) is 7.64. The van der Waals surface area contributed by atoms with E-state index in [0.29, 0.717) is 24.4 Å². The number of alkyl halides is 3. The first-order valence-electron chi connectivity index (χ1n) is 12.5. The molecule has 3 heterocycles. The molecule has 2 unspecified atom stereocenters. The summed E-state index contributed by atoms with van der Waals surface area (Å²) in [5, 5.41) is 7.12. The van der Waals surface area contributed by atoms with Crippen molar-refractivity contribution >= 4 is 11.9 Å². The van der Waals surface area contributed by atoms with E-state index < -0.39 is 17.6 Å². The van der Waals surface area contributed by atoms with Gasteiger partial charge in [-0.15, -0.1) is 0 Å². The molecule has 2 aromatic rings. The van der Waals surface area contributed by atoms with Crippen LogP contribution in [0.5, 0.6) is 0 Å². The number of aliphatic carboxylic acids is 1. The molecule has 1 N–H and O–H groups in total. The van der Waals surface area contributed by atoms with E-state index in [1.54, 1.807) is 12.1 Å². The molecule has 11 heteroatoms. The minimum absolute atomic E-state index is 0.0859. The Morgan fingerprint density at radius 2 is 1.97 bits per heavy atom. The summed E-state index contributed by atoms with van der Waals surface area (Å²) >= 11 is 0. The summed E-state index contributed by atoms with van der Waals surface area (Å²) in [4.78, 5) is 31.7. The third kappa shape index (κ3) is 6.14. The number of carboxylic acids is 1. The van der Waals surface area contributed by atoms with Gasteiger partial charge in [-0.1, -0.05) is 12.1 Å². The van der Waals surface area contributed by atoms with Gasteiger partial charge in [0.2, 0.25) is 5.91 Å². The zero-order valence-electron chi connectivity index (χ0n) is 20.9. The highest BCUT2D eigenvalue weighted by molar-refractivity contribution is 5.87. The number of carbonyl (C=O) groups excluding carboxylic acids is 1. The Labute approximate surface area is 213 Å². The van der Waals surface area contributed by atoms with Crippen LogP contribution in [-0.4, -0.2) is 68.7 Å². The molecule has 5 rings (SSSR count). The van der Waals surface area contributed by atoms with Crippen LogP contribution < -0.4 is 0 Å². The lowest BCUT2D eigenvalue weighted by Crippen LogP contribution is -2.40. The van der Waals surface area contributed by atoms with Crippen LogP contribution in [0.15, 0.2) is 36.8 Å². The fourth-order valence-electron chi connectivity index (χ4n) is 5.33. The number of likely N-dealkylation sites (tertiary alicyclic amines) is 2. The molecule has 1 saturated carbocycles. The fourth-order valence-corrected chi connectivity index (χ4v) is 5.33. The number of carbonyl (C=O) groups is 2. The molecule has 202 valence electrons. The molecule has 0 bridgehead atoms. The second kappa shape index (κ2) is 10.4. The van der Waals surface area contributed by atoms with Crippen molar-refractivity contribution in [2.24, 2.45) is 11.3 Å². The van der Waals surface area contributed by atoms with Crippen LogP contribution in [0.25, 0.3) is 0 Å². The van der Waals surface area contributed by atoms with Gasteiger partial charge in [0.1, 0.15) is 5.82 Å². The molecule has 7 nitrogen and oxygen atoms in total. The van der Waals surface area contributed by atoms with E-state index in [-0.39, 0.29) is 11.7 Å². The highest BCUT2D eigenvalue weighted by Gasteiger charge is 2.58. The first kappa shape index (κ1) is 27.1. The molecule has 0 radical (unpaired) electrons. The summed E-state index contributed by atoms with van der Waals surface area (Å²) in [6.07, 6.45) is 2.33. The van der Waals surface area contributed by atoms with Crippen LogP contribution in [0.4, 0.5) is 17.6 Å². The van der Waals surface area contributed by atoms with Crippen molar-refractivity contribution in [3.05, 3.63) is 53.9 Å². The van der Waals surface area contributed by atoms with Crippen LogP contribution in [0.3, 0.4) is 0 Å². The second-order valence-electron chi connectivity index (χ2n) is 10.6. The van der Waals surface area contributed by atoms with Crippen molar-refractivity contribution in [1.82, 2.24) is 19.4 Å². The van der Waals surface area contributed by atoms with E-state index in [1.807, 2.05) is 12.4 Å². The third-order valence-corrected chi connectivity index (χ3v) is 7.44. The Bertz CT molecular complexity index is 1130. The standard InChI is InChI=1S/C24H31FN4O.C2HF3O2/c1-17(2)29-14-22(26-16-29)21-13-27(11-19-4-3-5-20(25)10-19)15-24(21)8-9-28(23(24)30)12-18-6-7-18;3-2(4,5)1(6)7/h3-5,10,14,16-18,21H,6-9,11-13,15H2,1-2H3;(H,6,7). The zero-order chi connectivity index (χ0) is 27.0. The van der Waals surface area contributed by atoms with Crippen molar-refractivity contribution in [3.63, 3.8) is 0 Å². The van der Waals surface area contributed by atoms with Crippen molar-refractivity contribution in [2.75, 3.05) is 26.2 Å². The van der Waals surface area contributed by atoms with Gasteiger partial charge in [0.15, 0.2) is 0 Å². The molecular formula is C26H32F4N4O3. The Morgan fingerprint density at radius 1 is 1.27 bits per heavy atom. The number of hydrogen-bond donors (Lipinski definition) is 1. The molecule has 2 atom stereocenters. The van der Waals surface area contributed by atoms with Gasteiger partial charge in [0.25, 0.3) is 0 Å². The van der Waals surface area contributed by atoms with Crippen LogP contribution >= 0.6 is 0 Å². The topological polar surface area (TPSA) is 78.7 Å². The molecular weight excluding hydrogens is 492 g/mol. The summed E-state index contributed by atoms with van der Waals surface area (Å²) in [5.41, 5.74) is 1.57. The van der Waals surface area contributed by atoms with Crippen LogP contribution in [0, 0.1) is 17.2 Å². The molecule has 1 aromatic heterocycles. The summed E-state index contributed by atoms with van der Waals surface area (Å²) in [7, 11) is 0. The first-order valence-corrected chi connectivity index (χ1v) is 12.5. The number of aromatic nitrogens is 2. The lowest BCUT2D eigenvalue weighted by atomic mass is 9.75. The van der Waals surface area contributed by atoms with Crippen molar-refractivity contribution in [3.8, 4) is 0 Å². The number of benzene rings is 1. The average molecular weight is 525 g/mol. The molecule has 2 saturated heterocycles. The van der Waals surface area contributed by atoms with Crippen molar-refractivity contribution < 1.29 is 32.3 Å². The van der Waals surface area contributed by atoms with Crippen LogP contribution in [-0.2, 0) is 16.1 Å². The molecule has 3 fully saturated rings. The van der Waals surface area contributed by atoms with Gasteiger partial charge < -0.3 is 14.6 Å². The normalized spacial score (nSPS) is 24.1. The van der Waals surface area contributed by atoms with Gasteiger partial charge >= 0.3 is 12.1 Å². The number of nitrogens with zero attached hydrogens (tertiary/aromatic N) is 4. The van der Waals surface area contributed by atoms with Crippen LogP contribution in [0.1, 0.15) is 56.3 Å². The summed E-state index contributed by atoms with van der Waals surface area (Å²) in [5.74, 6) is -1.87. The predicted molar refractivity (Wildman–Crippen MR) is 127 cm³/mol. The lowest BCUT2D eigenvalue weighted by Gasteiger charge is -2.28. The Morgan fingerprint density at radius 3 is 2.54 bits per heavy atom. The maximum absolute atomic E-state index is 13.7. The van der Waals surface area contributed by atoms with Crippen molar-refractivity contribution in [1.29, 1.82) is 0 Å². The SMILES string of the molecule is CC(C)n1cnc(C2CN(Cc3cccc(F)c3)CC23CCN(CC2CC2)C3=O)c1.O=C(O)C(F)(F)F. The van der Waals surface area contributed by atoms with Gasteiger partial charge in [-0.25, -0.2) is 14.2 Å². The quantitative estimate of drug-likeness (QED) is 0.565. The number of amides is 1. The van der Waals surface area contributed by atoms with Crippen molar-refractivity contribution in [2.45, 2.75) is 57.8 Å². The van der Waals surface area contributed by atoms with E-state index >= 15 is 0 Å². The van der Waals surface area contributed by atoms with Gasteiger partial charge in [0.05, 0.1) is 17.4 Å². The third-order valence-electron chi connectivity index (χ3n) is 7.44. The largest absolute Gasteiger partial charge is 0.490 e. The zero-order valence-corrected chi connectivity index (χ0v) is 20.9. The number of halogens is 4. The molecule has 2 aliphatic heterocycles. The first-order chi connectivity index (χ1) is 17.4.